The van der Waals surface area contributed by atoms with Crippen molar-refractivity contribution in [1.29, 1.82) is 0 Å². The first-order valence-corrected chi connectivity index (χ1v) is 9.45. The SMILES string of the molecule is C[B]O/C(=C\C(=O)c1ccc(OC)cc1)c1ccc2cc3ccccc3cc2c1. The predicted molar refractivity (Wildman–Crippen MR) is 119 cm³/mol. The van der Waals surface area contributed by atoms with Gasteiger partial charge >= 0.3 is 7.48 Å². The van der Waals surface area contributed by atoms with Crippen molar-refractivity contribution in [2.24, 2.45) is 0 Å². The molecule has 0 aliphatic heterocycles. The lowest BCUT2D eigenvalue weighted by molar-refractivity contribution is 0.104. The highest BCUT2D eigenvalue weighted by Crippen LogP contribution is 2.27. The molecule has 0 saturated carbocycles. The van der Waals surface area contributed by atoms with Crippen LogP contribution in [0.15, 0.2) is 84.9 Å². The van der Waals surface area contributed by atoms with Crippen LogP contribution in [-0.2, 0) is 4.65 Å². The minimum absolute atomic E-state index is 0.122. The van der Waals surface area contributed by atoms with Crippen molar-refractivity contribution in [1.82, 2.24) is 0 Å². The number of hydrogen-bond donors (Lipinski definition) is 0. The number of fused-ring (bicyclic) bond motifs is 2. The molecule has 4 rings (SSSR count). The Balaban J connectivity index is 1.73. The van der Waals surface area contributed by atoms with E-state index in [4.69, 9.17) is 9.39 Å². The third-order valence-electron chi connectivity index (χ3n) is 4.87. The molecule has 29 heavy (non-hydrogen) atoms. The van der Waals surface area contributed by atoms with Crippen LogP contribution in [0.1, 0.15) is 15.9 Å². The number of ketones is 1. The monoisotopic (exact) mass is 379 g/mol. The van der Waals surface area contributed by atoms with Crippen LogP contribution in [0.5, 0.6) is 5.75 Å². The van der Waals surface area contributed by atoms with Crippen molar-refractivity contribution >= 4 is 40.6 Å². The lowest BCUT2D eigenvalue weighted by Gasteiger charge is -2.11. The maximum Gasteiger partial charge on any atom is 0.366 e. The molecule has 0 amide bonds. The van der Waals surface area contributed by atoms with E-state index in [1.165, 1.54) is 16.8 Å². The maximum absolute atomic E-state index is 12.7. The van der Waals surface area contributed by atoms with Crippen molar-refractivity contribution in [2.45, 2.75) is 6.82 Å². The number of carbonyl (C=O) groups excluding carboxylic acids is 1. The van der Waals surface area contributed by atoms with E-state index in [-0.39, 0.29) is 5.78 Å². The molecule has 0 fully saturated rings. The largest absolute Gasteiger partial charge is 0.563 e. The van der Waals surface area contributed by atoms with Gasteiger partial charge in [-0.2, -0.15) is 0 Å². The number of carbonyl (C=O) groups is 1. The average molecular weight is 379 g/mol. The molecule has 4 aromatic rings. The van der Waals surface area contributed by atoms with Gasteiger partial charge in [-0.25, -0.2) is 0 Å². The summed E-state index contributed by atoms with van der Waals surface area (Å²) in [6.45, 7) is 1.79. The van der Waals surface area contributed by atoms with Crippen LogP contribution < -0.4 is 4.74 Å². The van der Waals surface area contributed by atoms with E-state index in [9.17, 15) is 4.79 Å². The van der Waals surface area contributed by atoms with E-state index in [0.29, 0.717) is 17.1 Å². The highest BCUT2D eigenvalue weighted by Gasteiger charge is 2.10. The van der Waals surface area contributed by atoms with E-state index in [1.807, 2.05) is 18.2 Å². The van der Waals surface area contributed by atoms with Gasteiger partial charge in [0.1, 0.15) is 11.5 Å². The number of benzene rings is 4. The van der Waals surface area contributed by atoms with Crippen LogP contribution in [0.3, 0.4) is 0 Å². The standard InChI is InChI=1S/C25H20BO3/c1-26-29-25(16-24(27)17-9-11-23(28-2)12-10-17)21-8-7-20-13-18-5-3-4-6-19(18)14-22(20)15-21/h3-16H,1-2H3/b25-16-. The smallest absolute Gasteiger partial charge is 0.366 e. The van der Waals surface area contributed by atoms with Crippen molar-refractivity contribution in [3.8, 4) is 5.75 Å². The number of methoxy groups -OCH3 is 1. The van der Waals surface area contributed by atoms with E-state index in [0.717, 1.165) is 16.3 Å². The third kappa shape index (κ3) is 4.02. The summed E-state index contributed by atoms with van der Waals surface area (Å²) in [6, 6.07) is 25.7. The molecule has 0 aliphatic rings. The fourth-order valence-corrected chi connectivity index (χ4v) is 3.36. The molecule has 0 N–H and O–H groups in total. The zero-order chi connectivity index (χ0) is 20.2. The lowest BCUT2D eigenvalue weighted by atomic mass is 9.99. The van der Waals surface area contributed by atoms with Crippen molar-refractivity contribution in [2.75, 3.05) is 7.11 Å². The molecule has 4 aromatic carbocycles. The quantitative estimate of drug-likeness (QED) is 0.137. The maximum atomic E-state index is 12.7. The number of hydrogen-bond acceptors (Lipinski definition) is 3. The molecular weight excluding hydrogens is 359 g/mol. The molecule has 0 atom stereocenters. The summed E-state index contributed by atoms with van der Waals surface area (Å²) >= 11 is 0. The molecule has 0 aromatic heterocycles. The normalized spacial score (nSPS) is 11.4. The second-order valence-corrected chi connectivity index (χ2v) is 6.72. The molecular formula is C25H20BO3. The molecule has 141 valence electrons. The van der Waals surface area contributed by atoms with Gasteiger partial charge < -0.3 is 9.39 Å². The zero-order valence-corrected chi connectivity index (χ0v) is 16.4. The van der Waals surface area contributed by atoms with Crippen LogP contribution in [0, 0.1) is 0 Å². The zero-order valence-electron chi connectivity index (χ0n) is 16.4. The van der Waals surface area contributed by atoms with Crippen LogP contribution >= 0.6 is 0 Å². The van der Waals surface area contributed by atoms with Crippen molar-refractivity contribution in [3.63, 3.8) is 0 Å². The average Bonchev–Trinajstić information content (AvgIpc) is 2.77. The Hall–Kier alpha value is -3.53. The fraction of sp³-hybridized carbons (Fsp3) is 0.0800. The second-order valence-electron chi connectivity index (χ2n) is 6.72. The summed E-state index contributed by atoms with van der Waals surface area (Å²) in [6.07, 6.45) is 1.53. The third-order valence-corrected chi connectivity index (χ3v) is 4.87. The van der Waals surface area contributed by atoms with Gasteiger partial charge in [-0.05, 0) is 64.0 Å². The van der Waals surface area contributed by atoms with Gasteiger partial charge in [0.05, 0.1) is 7.11 Å². The Morgan fingerprint density at radius 1 is 0.793 bits per heavy atom. The Labute approximate surface area is 170 Å². The van der Waals surface area contributed by atoms with Gasteiger partial charge in [0.2, 0.25) is 0 Å². The number of rotatable bonds is 6. The van der Waals surface area contributed by atoms with Gasteiger partial charge in [0, 0.05) is 17.2 Å². The van der Waals surface area contributed by atoms with Crippen LogP contribution in [0.4, 0.5) is 0 Å². The Morgan fingerprint density at radius 2 is 1.41 bits per heavy atom. The summed E-state index contributed by atoms with van der Waals surface area (Å²) in [4.78, 5) is 12.7. The second kappa shape index (κ2) is 8.23. The van der Waals surface area contributed by atoms with Gasteiger partial charge in [-0.1, -0.05) is 43.2 Å². The summed E-state index contributed by atoms with van der Waals surface area (Å²) in [5, 5.41) is 4.63. The molecule has 0 aliphatic carbocycles. The number of ether oxygens (including phenoxy) is 1. The molecule has 4 heteroatoms. The van der Waals surface area contributed by atoms with E-state index in [1.54, 1.807) is 45.7 Å². The lowest BCUT2D eigenvalue weighted by Crippen LogP contribution is -2.01. The van der Waals surface area contributed by atoms with Crippen LogP contribution in [0.25, 0.3) is 27.3 Å². The summed E-state index contributed by atoms with van der Waals surface area (Å²) in [5.41, 5.74) is 1.43. The Bertz CT molecular complexity index is 1210. The number of allylic oxidation sites excluding steroid dienone is 1. The van der Waals surface area contributed by atoms with Crippen molar-refractivity contribution in [3.05, 3.63) is 96.1 Å². The summed E-state index contributed by atoms with van der Waals surface area (Å²) < 4.78 is 10.8. The first-order chi connectivity index (χ1) is 14.2. The topological polar surface area (TPSA) is 35.5 Å². The summed E-state index contributed by atoms with van der Waals surface area (Å²) in [5.74, 6) is 1.11. The highest BCUT2D eigenvalue weighted by atomic mass is 16.5. The van der Waals surface area contributed by atoms with Gasteiger partial charge in [0.15, 0.2) is 5.78 Å². The fourth-order valence-electron chi connectivity index (χ4n) is 3.36. The molecule has 3 nitrogen and oxygen atoms in total. The van der Waals surface area contributed by atoms with E-state index >= 15 is 0 Å². The van der Waals surface area contributed by atoms with E-state index in [2.05, 4.69) is 36.4 Å². The molecule has 0 bridgehead atoms. The molecule has 1 radical (unpaired) electrons. The van der Waals surface area contributed by atoms with Crippen LogP contribution in [0.2, 0.25) is 6.82 Å². The van der Waals surface area contributed by atoms with Crippen molar-refractivity contribution < 1.29 is 14.2 Å². The Morgan fingerprint density at radius 3 is 2.07 bits per heavy atom. The predicted octanol–water partition coefficient (Wildman–Crippen LogP) is 5.91. The van der Waals surface area contributed by atoms with Crippen LogP contribution in [-0.4, -0.2) is 20.4 Å². The van der Waals surface area contributed by atoms with Gasteiger partial charge in [0.25, 0.3) is 0 Å². The minimum Gasteiger partial charge on any atom is -0.563 e. The molecule has 0 heterocycles. The Kier molecular flexibility index (Phi) is 5.34. The van der Waals surface area contributed by atoms with Gasteiger partial charge in [-0.3, -0.25) is 4.79 Å². The van der Waals surface area contributed by atoms with E-state index < -0.39 is 0 Å². The summed E-state index contributed by atoms with van der Waals surface area (Å²) in [7, 11) is 3.18. The molecule has 0 spiro atoms. The highest BCUT2D eigenvalue weighted by molar-refractivity contribution is 6.27. The first-order valence-electron chi connectivity index (χ1n) is 9.45. The van der Waals surface area contributed by atoms with Gasteiger partial charge in [-0.15, -0.1) is 0 Å². The molecule has 0 saturated heterocycles. The first kappa shape index (κ1) is 18.8. The minimum atomic E-state index is -0.122. The molecule has 0 unspecified atom stereocenters.